The second-order valence-electron chi connectivity index (χ2n) is 7.68. The molecule has 7 heteroatoms. The van der Waals surface area contributed by atoms with E-state index in [1.807, 2.05) is 25.1 Å². The average Bonchev–Trinajstić information content (AvgIpc) is 3.00. The van der Waals surface area contributed by atoms with Crippen LogP contribution >= 0.6 is 11.8 Å². The second kappa shape index (κ2) is 9.47. The van der Waals surface area contributed by atoms with Gasteiger partial charge in [0.15, 0.2) is 5.16 Å². The molecule has 0 bridgehead atoms. The molecule has 1 atom stereocenters. The van der Waals surface area contributed by atoms with Crippen molar-refractivity contribution < 1.29 is 14.0 Å². The van der Waals surface area contributed by atoms with Crippen LogP contribution in [0.3, 0.4) is 0 Å². The third-order valence-electron chi connectivity index (χ3n) is 5.41. The van der Waals surface area contributed by atoms with Gasteiger partial charge in [0.1, 0.15) is 5.82 Å². The number of amides is 2. The van der Waals surface area contributed by atoms with E-state index in [4.69, 9.17) is 4.98 Å². The monoisotopic (exact) mass is 437 g/mol. The normalized spacial score (nSPS) is 16.9. The first-order valence-corrected chi connectivity index (χ1v) is 11.3. The number of carbonyl (C=O) groups excluding carboxylic acids is 2. The molecule has 0 unspecified atom stereocenters. The molecule has 0 aliphatic carbocycles. The largest absolute Gasteiger partial charge is 0.337 e. The zero-order valence-corrected chi connectivity index (χ0v) is 18.1. The maximum absolute atomic E-state index is 13.2. The van der Waals surface area contributed by atoms with E-state index < -0.39 is 5.82 Å². The van der Waals surface area contributed by atoms with Crippen LogP contribution in [0.1, 0.15) is 46.6 Å². The van der Waals surface area contributed by atoms with Crippen LogP contribution in [-0.4, -0.2) is 38.5 Å². The number of carbonyl (C=O) groups is 2. The molecule has 2 heterocycles. The van der Waals surface area contributed by atoms with Crippen LogP contribution in [-0.2, 0) is 11.2 Å². The van der Waals surface area contributed by atoms with Gasteiger partial charge in [-0.1, -0.05) is 48.5 Å². The number of aromatic nitrogens is 2. The van der Waals surface area contributed by atoms with Crippen molar-refractivity contribution in [2.45, 2.75) is 43.0 Å². The Morgan fingerprint density at radius 1 is 1.16 bits per heavy atom. The number of imidazole rings is 1. The molecule has 1 fully saturated rings. The Morgan fingerprint density at radius 3 is 2.65 bits per heavy atom. The highest BCUT2D eigenvalue weighted by Crippen LogP contribution is 2.30. The topological polar surface area (TPSA) is 66.1 Å². The van der Waals surface area contributed by atoms with Crippen molar-refractivity contribution in [3.63, 3.8) is 0 Å². The van der Waals surface area contributed by atoms with E-state index in [-0.39, 0.29) is 17.1 Å². The van der Waals surface area contributed by atoms with Crippen LogP contribution in [0.15, 0.2) is 59.8 Å². The van der Waals surface area contributed by atoms with Gasteiger partial charge in [0, 0.05) is 24.2 Å². The molecule has 4 rings (SSSR count). The number of H-pyrrole nitrogens is 1. The van der Waals surface area contributed by atoms with Gasteiger partial charge in [-0.3, -0.25) is 14.5 Å². The van der Waals surface area contributed by atoms with Gasteiger partial charge < -0.3 is 4.98 Å². The molecule has 5 nitrogen and oxygen atoms in total. The molecule has 31 heavy (non-hydrogen) atoms. The van der Waals surface area contributed by atoms with Crippen molar-refractivity contribution in [3.8, 4) is 0 Å². The number of nitrogens with zero attached hydrogens (tertiary/aromatic N) is 2. The van der Waals surface area contributed by atoms with Gasteiger partial charge >= 0.3 is 0 Å². The number of benzene rings is 2. The van der Waals surface area contributed by atoms with E-state index in [9.17, 15) is 14.0 Å². The quantitative estimate of drug-likeness (QED) is 0.585. The van der Waals surface area contributed by atoms with E-state index in [0.29, 0.717) is 23.7 Å². The highest BCUT2D eigenvalue weighted by Gasteiger charge is 2.33. The van der Waals surface area contributed by atoms with E-state index in [1.54, 1.807) is 0 Å². The number of thioether (sulfide) groups is 1. The lowest BCUT2D eigenvalue weighted by Crippen LogP contribution is -2.41. The fourth-order valence-electron chi connectivity index (χ4n) is 3.69. The van der Waals surface area contributed by atoms with Crippen LogP contribution in [0, 0.1) is 12.7 Å². The number of rotatable bonds is 5. The molecule has 1 aliphatic rings. The number of imide groups is 1. The lowest BCUT2D eigenvalue weighted by Gasteiger charge is -2.22. The maximum atomic E-state index is 13.2. The molecule has 0 spiro atoms. The van der Waals surface area contributed by atoms with Gasteiger partial charge in [-0.05, 0) is 49.6 Å². The Kier molecular flexibility index (Phi) is 6.51. The first-order chi connectivity index (χ1) is 15.0. The van der Waals surface area contributed by atoms with Crippen LogP contribution in [0.2, 0.25) is 0 Å². The lowest BCUT2D eigenvalue weighted by atomic mass is 10.1. The molecule has 1 N–H and O–H groups in total. The molecule has 3 aromatic rings. The summed E-state index contributed by atoms with van der Waals surface area (Å²) in [6, 6.07) is 15.4. The predicted molar refractivity (Wildman–Crippen MR) is 119 cm³/mol. The maximum Gasteiger partial charge on any atom is 0.260 e. The summed E-state index contributed by atoms with van der Waals surface area (Å²) in [5, 5.41) is 0.305. The van der Waals surface area contributed by atoms with Crippen molar-refractivity contribution in [1.82, 2.24) is 14.9 Å². The zero-order chi connectivity index (χ0) is 21.8. The van der Waals surface area contributed by atoms with Crippen LogP contribution in [0.25, 0.3) is 0 Å². The standard InChI is InChI=1S/C24H24FN3O2S/c1-16-20(15-17-7-3-2-4-8-17)27-24(26-16)31-21-9-5-6-14-28(23(21)30)22(29)18-10-12-19(25)13-11-18/h2-4,7-8,10-13,21H,5-6,9,14-15H2,1H3,(H,26,27)/t21-/m0/s1. The Balaban J connectivity index is 1.49. The summed E-state index contributed by atoms with van der Waals surface area (Å²) in [5.41, 5.74) is 3.43. The number of hydrogen-bond donors (Lipinski definition) is 1. The van der Waals surface area contributed by atoms with Crippen molar-refractivity contribution in [2.24, 2.45) is 0 Å². The van der Waals surface area contributed by atoms with E-state index in [0.717, 1.165) is 30.7 Å². The van der Waals surface area contributed by atoms with Gasteiger partial charge in [-0.2, -0.15) is 0 Å². The first kappa shape index (κ1) is 21.3. The van der Waals surface area contributed by atoms with Gasteiger partial charge in [-0.15, -0.1) is 0 Å². The number of likely N-dealkylation sites (tertiary alicyclic amines) is 1. The number of aryl methyl sites for hydroxylation is 1. The summed E-state index contributed by atoms with van der Waals surface area (Å²) in [7, 11) is 0. The molecule has 1 aromatic heterocycles. The van der Waals surface area contributed by atoms with E-state index >= 15 is 0 Å². The Bertz CT molecular complexity index is 1070. The number of nitrogens with one attached hydrogen (secondary N) is 1. The fourth-order valence-corrected chi connectivity index (χ4v) is 4.84. The SMILES string of the molecule is Cc1[nH]c(S[C@H]2CCCCN(C(=O)c3ccc(F)cc3)C2=O)nc1Cc1ccccc1. The van der Waals surface area contributed by atoms with Crippen molar-refractivity contribution in [3.05, 3.63) is 82.9 Å². The minimum absolute atomic E-state index is 0.213. The minimum atomic E-state index is -0.410. The van der Waals surface area contributed by atoms with Crippen molar-refractivity contribution in [1.29, 1.82) is 0 Å². The first-order valence-electron chi connectivity index (χ1n) is 10.4. The summed E-state index contributed by atoms with van der Waals surface area (Å²) in [6.45, 7) is 2.36. The molecule has 2 aromatic carbocycles. The van der Waals surface area contributed by atoms with Gasteiger partial charge in [0.25, 0.3) is 5.91 Å². The summed E-state index contributed by atoms with van der Waals surface area (Å²) in [5.74, 6) is -1.000. The van der Waals surface area contributed by atoms with Crippen LogP contribution < -0.4 is 0 Å². The summed E-state index contributed by atoms with van der Waals surface area (Å²) >= 11 is 1.38. The predicted octanol–water partition coefficient (Wildman–Crippen LogP) is 4.76. The molecule has 0 saturated carbocycles. The van der Waals surface area contributed by atoms with Gasteiger partial charge in [0.05, 0.1) is 10.9 Å². The highest BCUT2D eigenvalue weighted by atomic mass is 32.2. The Morgan fingerprint density at radius 2 is 1.90 bits per heavy atom. The van der Waals surface area contributed by atoms with Crippen molar-refractivity contribution in [2.75, 3.05) is 6.54 Å². The van der Waals surface area contributed by atoms with Gasteiger partial charge in [-0.25, -0.2) is 9.37 Å². The van der Waals surface area contributed by atoms with E-state index in [1.165, 1.54) is 46.5 Å². The van der Waals surface area contributed by atoms with Crippen molar-refractivity contribution >= 4 is 23.6 Å². The van der Waals surface area contributed by atoms with Crippen LogP contribution in [0.4, 0.5) is 4.39 Å². The van der Waals surface area contributed by atoms with Crippen LogP contribution in [0.5, 0.6) is 0 Å². The molecule has 1 saturated heterocycles. The molecule has 0 radical (unpaired) electrons. The third-order valence-corrected chi connectivity index (χ3v) is 6.55. The molecule has 160 valence electrons. The lowest BCUT2D eigenvalue weighted by molar-refractivity contribution is -0.127. The summed E-state index contributed by atoms with van der Waals surface area (Å²) < 4.78 is 13.2. The molecular formula is C24H24FN3O2S. The van der Waals surface area contributed by atoms with Gasteiger partial charge in [0.2, 0.25) is 5.91 Å². The number of halogens is 1. The summed E-state index contributed by atoms with van der Waals surface area (Å²) in [6.07, 6.45) is 3.02. The number of aromatic amines is 1. The Hall–Kier alpha value is -2.93. The smallest absolute Gasteiger partial charge is 0.260 e. The Labute approximate surface area is 185 Å². The molecule has 2 amide bonds. The zero-order valence-electron chi connectivity index (χ0n) is 17.3. The molecular weight excluding hydrogens is 413 g/mol. The number of hydrogen-bond acceptors (Lipinski definition) is 4. The summed E-state index contributed by atoms with van der Waals surface area (Å²) in [4.78, 5) is 35.4. The highest BCUT2D eigenvalue weighted by molar-refractivity contribution is 8.00. The van der Waals surface area contributed by atoms with E-state index in [2.05, 4.69) is 17.1 Å². The average molecular weight is 438 g/mol. The minimum Gasteiger partial charge on any atom is -0.337 e. The fraction of sp³-hybridized carbons (Fsp3) is 0.292. The second-order valence-corrected chi connectivity index (χ2v) is 8.87. The molecule has 1 aliphatic heterocycles. The third kappa shape index (κ3) is 5.05.